The van der Waals surface area contributed by atoms with Crippen molar-refractivity contribution < 1.29 is 27.5 Å². The third-order valence-electron chi connectivity index (χ3n) is 5.65. The Kier molecular flexibility index (Phi) is 6.77. The maximum atomic E-state index is 15.4. The van der Waals surface area contributed by atoms with Crippen LogP contribution in [0.5, 0.6) is 5.75 Å². The summed E-state index contributed by atoms with van der Waals surface area (Å²) in [6, 6.07) is 9.78. The number of benzene rings is 2. The van der Waals surface area contributed by atoms with Crippen LogP contribution in [0.1, 0.15) is 35.1 Å². The number of nitrogens with two attached hydrogens (primary N) is 1. The molecule has 4 N–H and O–H groups in total. The second-order valence-corrected chi connectivity index (χ2v) is 8.37. The Bertz CT molecular complexity index is 1210. The van der Waals surface area contributed by atoms with Crippen LogP contribution >= 0.6 is 0 Å². The Balaban J connectivity index is 1.50. The van der Waals surface area contributed by atoms with Crippen LogP contribution in [0.15, 0.2) is 48.8 Å². The van der Waals surface area contributed by atoms with Crippen LogP contribution in [-0.2, 0) is 30.5 Å². The smallest absolute Gasteiger partial charge is 0.416 e. The molecule has 0 saturated heterocycles. The summed E-state index contributed by atoms with van der Waals surface area (Å²) in [6.07, 6.45) is -1.70. The maximum Gasteiger partial charge on any atom is 0.416 e. The molecular weight excluding hydrogens is 466 g/mol. The molecule has 0 atom stereocenters. The van der Waals surface area contributed by atoms with Crippen LogP contribution in [0.3, 0.4) is 0 Å². The molecule has 1 fully saturated rings. The predicted octanol–water partition coefficient (Wildman–Crippen LogP) is 4.15. The predicted molar refractivity (Wildman–Crippen MR) is 121 cm³/mol. The number of rotatable bonds is 9. The zero-order valence-corrected chi connectivity index (χ0v) is 18.5. The minimum absolute atomic E-state index is 0.00102. The summed E-state index contributed by atoms with van der Waals surface area (Å²) >= 11 is 0. The molecule has 1 aliphatic rings. The van der Waals surface area contributed by atoms with Crippen LogP contribution in [-0.4, -0.2) is 27.0 Å². The topological polar surface area (TPSA) is 104 Å². The number of halogens is 4. The van der Waals surface area contributed by atoms with Crippen LogP contribution < -0.4 is 16.0 Å². The number of aromatic nitrogens is 2. The average molecular weight is 489 g/mol. The van der Waals surface area contributed by atoms with Crippen molar-refractivity contribution in [2.24, 2.45) is 5.73 Å². The van der Waals surface area contributed by atoms with Crippen molar-refractivity contribution in [3.8, 4) is 5.75 Å². The minimum atomic E-state index is -4.58. The lowest BCUT2D eigenvalue weighted by molar-refractivity contribution is -0.137. The quantitative estimate of drug-likeness (QED) is 0.390. The number of amides is 1. The second-order valence-electron chi connectivity index (χ2n) is 8.37. The largest absolute Gasteiger partial charge is 0.508 e. The molecule has 184 valence electrons. The minimum Gasteiger partial charge on any atom is -0.508 e. The van der Waals surface area contributed by atoms with Gasteiger partial charge in [0.2, 0.25) is 11.7 Å². The highest BCUT2D eigenvalue weighted by Crippen LogP contribution is 2.37. The molecule has 11 heteroatoms. The Morgan fingerprint density at radius 1 is 1.11 bits per heavy atom. The van der Waals surface area contributed by atoms with Gasteiger partial charge in [0.05, 0.1) is 12.0 Å². The van der Waals surface area contributed by atoms with Crippen molar-refractivity contribution in [1.29, 1.82) is 0 Å². The van der Waals surface area contributed by atoms with E-state index in [4.69, 9.17) is 5.73 Å². The SMILES string of the molecule is NC(=O)Cc1ccc(CNc2ncnc(N(Cc3ccc(C(F)(F)F)cc3O)C3CC3)c2F)cc1. The number of phenols is 1. The van der Waals surface area contributed by atoms with Gasteiger partial charge in [-0.05, 0) is 36.1 Å². The van der Waals surface area contributed by atoms with Gasteiger partial charge in [-0.25, -0.2) is 9.97 Å². The average Bonchev–Trinajstić information content (AvgIpc) is 3.63. The number of alkyl halides is 3. The number of nitrogens with one attached hydrogen (secondary N) is 1. The molecule has 4 rings (SSSR count). The molecule has 0 spiro atoms. The van der Waals surface area contributed by atoms with Gasteiger partial charge in [0, 0.05) is 24.7 Å². The molecule has 0 radical (unpaired) electrons. The van der Waals surface area contributed by atoms with Crippen LogP contribution in [0.2, 0.25) is 0 Å². The summed E-state index contributed by atoms with van der Waals surface area (Å²) < 4.78 is 54.1. The first-order valence-electron chi connectivity index (χ1n) is 10.9. The molecule has 7 nitrogen and oxygen atoms in total. The molecule has 2 aromatic carbocycles. The van der Waals surface area contributed by atoms with Crippen molar-refractivity contribution in [1.82, 2.24) is 9.97 Å². The van der Waals surface area contributed by atoms with Gasteiger partial charge in [-0.3, -0.25) is 4.79 Å². The molecule has 1 heterocycles. The van der Waals surface area contributed by atoms with E-state index in [1.807, 2.05) is 0 Å². The van der Waals surface area contributed by atoms with Gasteiger partial charge < -0.3 is 21.1 Å². The fourth-order valence-electron chi connectivity index (χ4n) is 3.67. The van der Waals surface area contributed by atoms with Crippen LogP contribution in [0, 0.1) is 5.82 Å². The molecule has 0 aliphatic heterocycles. The number of aromatic hydroxyl groups is 1. The van der Waals surface area contributed by atoms with E-state index in [1.54, 1.807) is 29.2 Å². The van der Waals surface area contributed by atoms with Crippen molar-refractivity contribution in [3.05, 3.63) is 76.9 Å². The van der Waals surface area contributed by atoms with Crippen molar-refractivity contribution >= 4 is 17.5 Å². The molecule has 0 unspecified atom stereocenters. The standard InChI is InChI=1S/C24H23F4N5O2/c25-21-22(30-11-15-3-1-14(2-4-15)9-20(29)35)31-13-32-23(21)33(18-7-8-18)12-16-5-6-17(10-19(16)34)24(26,27)28/h1-6,10,13,18,34H,7-9,11-12H2,(H2,29,35)(H,30,31,32). The number of nitrogens with zero attached hydrogens (tertiary/aromatic N) is 3. The number of carbonyl (C=O) groups is 1. The first-order valence-corrected chi connectivity index (χ1v) is 10.9. The highest BCUT2D eigenvalue weighted by Gasteiger charge is 2.34. The second kappa shape index (κ2) is 9.77. The summed E-state index contributed by atoms with van der Waals surface area (Å²) in [6.45, 7) is 0.247. The number of carbonyl (C=O) groups excluding carboxylic acids is 1. The summed E-state index contributed by atoms with van der Waals surface area (Å²) in [5, 5.41) is 13.1. The van der Waals surface area contributed by atoms with Gasteiger partial charge in [0.25, 0.3) is 0 Å². The summed E-state index contributed by atoms with van der Waals surface area (Å²) in [5.41, 5.74) is 6.05. The fourth-order valence-corrected chi connectivity index (χ4v) is 3.67. The third kappa shape index (κ3) is 5.97. The zero-order chi connectivity index (χ0) is 25.2. The van der Waals surface area contributed by atoms with E-state index in [9.17, 15) is 23.1 Å². The van der Waals surface area contributed by atoms with E-state index in [1.165, 1.54) is 12.4 Å². The fraction of sp³-hybridized carbons (Fsp3) is 0.292. The molecule has 0 bridgehead atoms. The van der Waals surface area contributed by atoms with E-state index < -0.39 is 29.2 Å². The van der Waals surface area contributed by atoms with Crippen LogP contribution in [0.25, 0.3) is 0 Å². The summed E-state index contributed by atoms with van der Waals surface area (Å²) in [7, 11) is 0. The van der Waals surface area contributed by atoms with E-state index in [0.29, 0.717) is 6.07 Å². The highest BCUT2D eigenvalue weighted by atomic mass is 19.4. The third-order valence-corrected chi connectivity index (χ3v) is 5.65. The van der Waals surface area contributed by atoms with Gasteiger partial charge >= 0.3 is 6.18 Å². The molecule has 1 amide bonds. The van der Waals surface area contributed by atoms with Gasteiger partial charge in [-0.1, -0.05) is 30.3 Å². The Morgan fingerprint density at radius 2 is 1.80 bits per heavy atom. The van der Waals surface area contributed by atoms with Gasteiger partial charge in [-0.15, -0.1) is 0 Å². The first-order chi connectivity index (χ1) is 16.6. The van der Waals surface area contributed by atoms with Gasteiger partial charge in [0.15, 0.2) is 11.6 Å². The number of hydrogen-bond acceptors (Lipinski definition) is 6. The zero-order valence-electron chi connectivity index (χ0n) is 18.5. The monoisotopic (exact) mass is 489 g/mol. The van der Waals surface area contributed by atoms with E-state index in [-0.39, 0.29) is 42.8 Å². The van der Waals surface area contributed by atoms with Gasteiger partial charge in [0.1, 0.15) is 12.1 Å². The van der Waals surface area contributed by atoms with Crippen molar-refractivity contribution in [3.63, 3.8) is 0 Å². The number of primary amides is 1. The lowest BCUT2D eigenvalue weighted by Gasteiger charge is -2.25. The van der Waals surface area contributed by atoms with Crippen molar-refractivity contribution in [2.75, 3.05) is 10.2 Å². The van der Waals surface area contributed by atoms with E-state index in [2.05, 4.69) is 15.3 Å². The first kappa shape index (κ1) is 24.2. The number of anilines is 2. The lowest BCUT2D eigenvalue weighted by atomic mass is 10.1. The molecule has 35 heavy (non-hydrogen) atoms. The number of hydrogen-bond donors (Lipinski definition) is 3. The molecule has 1 saturated carbocycles. The van der Waals surface area contributed by atoms with Crippen LogP contribution in [0.4, 0.5) is 29.2 Å². The Morgan fingerprint density at radius 3 is 2.40 bits per heavy atom. The van der Waals surface area contributed by atoms with E-state index >= 15 is 4.39 Å². The number of phenolic OH excluding ortho intramolecular Hbond substituents is 1. The summed E-state index contributed by atoms with van der Waals surface area (Å²) in [5.74, 6) is -1.68. The maximum absolute atomic E-state index is 15.4. The molecule has 1 aliphatic carbocycles. The van der Waals surface area contributed by atoms with E-state index in [0.717, 1.165) is 30.0 Å². The van der Waals surface area contributed by atoms with Crippen molar-refractivity contribution in [2.45, 2.75) is 44.6 Å². The molecule has 3 aromatic rings. The normalized spacial score (nSPS) is 13.5. The summed E-state index contributed by atoms with van der Waals surface area (Å²) in [4.78, 5) is 20.7. The molecular formula is C24H23F4N5O2. The Labute approximate surface area is 198 Å². The molecule has 1 aromatic heterocycles. The highest BCUT2D eigenvalue weighted by molar-refractivity contribution is 5.76. The van der Waals surface area contributed by atoms with Gasteiger partial charge in [-0.2, -0.15) is 17.6 Å². The lowest BCUT2D eigenvalue weighted by Crippen LogP contribution is -2.27. The Hall–Kier alpha value is -3.89.